The van der Waals surface area contributed by atoms with Crippen molar-refractivity contribution in [2.45, 2.75) is 6.04 Å². The number of anilines is 1. The molecule has 96 valence electrons. The molecule has 1 atom stereocenters. The SMILES string of the molecule is COC(=O)[C@H](C(=O)Nc1ccc(Cl)cc1)[N+](=O)[O-]. The molecule has 0 heterocycles. The van der Waals surface area contributed by atoms with Gasteiger partial charge in [-0.1, -0.05) is 11.6 Å². The summed E-state index contributed by atoms with van der Waals surface area (Å²) in [5.74, 6) is -2.30. The Morgan fingerprint density at radius 1 is 1.39 bits per heavy atom. The number of nitrogens with zero attached hydrogens (tertiary/aromatic N) is 1. The minimum absolute atomic E-state index is 0.292. The van der Waals surface area contributed by atoms with Crippen LogP contribution in [0.5, 0.6) is 0 Å². The number of carbonyl (C=O) groups is 2. The molecule has 0 aliphatic carbocycles. The highest BCUT2D eigenvalue weighted by Gasteiger charge is 2.39. The summed E-state index contributed by atoms with van der Waals surface area (Å²) in [7, 11) is 0.967. The first kappa shape index (κ1) is 13.9. The van der Waals surface area contributed by atoms with E-state index in [-0.39, 0.29) is 0 Å². The summed E-state index contributed by atoms with van der Waals surface area (Å²) in [4.78, 5) is 32.2. The first-order chi connectivity index (χ1) is 8.45. The number of rotatable bonds is 4. The third-order valence-corrected chi connectivity index (χ3v) is 2.25. The Balaban J connectivity index is 2.82. The van der Waals surface area contributed by atoms with Crippen LogP contribution in [0.3, 0.4) is 0 Å². The summed E-state index contributed by atoms with van der Waals surface area (Å²) < 4.78 is 4.19. The van der Waals surface area contributed by atoms with Gasteiger partial charge < -0.3 is 10.1 Å². The Bertz CT molecular complexity index is 474. The normalized spacial score (nSPS) is 11.4. The molecule has 0 saturated heterocycles. The van der Waals surface area contributed by atoms with Crippen LogP contribution >= 0.6 is 11.6 Å². The molecule has 1 amide bonds. The van der Waals surface area contributed by atoms with E-state index in [9.17, 15) is 19.7 Å². The van der Waals surface area contributed by atoms with Crippen molar-refractivity contribution in [3.8, 4) is 0 Å². The van der Waals surface area contributed by atoms with Gasteiger partial charge in [-0.3, -0.25) is 14.9 Å². The maximum Gasteiger partial charge on any atom is 0.391 e. The molecule has 0 bridgehead atoms. The lowest BCUT2D eigenvalue weighted by atomic mass is 10.2. The molecule has 0 saturated carbocycles. The predicted molar refractivity (Wildman–Crippen MR) is 62.9 cm³/mol. The lowest BCUT2D eigenvalue weighted by Gasteiger charge is -2.08. The third-order valence-electron chi connectivity index (χ3n) is 2.00. The summed E-state index contributed by atoms with van der Waals surface area (Å²) in [5.41, 5.74) is 0.292. The van der Waals surface area contributed by atoms with E-state index in [4.69, 9.17) is 11.6 Å². The molecule has 0 unspecified atom stereocenters. The predicted octanol–water partition coefficient (Wildman–Crippen LogP) is 1.10. The van der Waals surface area contributed by atoms with Crippen molar-refractivity contribution in [1.82, 2.24) is 0 Å². The molecule has 1 aromatic carbocycles. The Labute approximate surface area is 107 Å². The number of amides is 1. The van der Waals surface area contributed by atoms with E-state index in [1.165, 1.54) is 24.3 Å². The molecule has 1 N–H and O–H groups in total. The molecule has 0 fully saturated rings. The molecule has 18 heavy (non-hydrogen) atoms. The van der Waals surface area contributed by atoms with E-state index >= 15 is 0 Å². The standard InChI is InChI=1S/C10H9ClN2O5/c1-18-10(15)8(13(16)17)9(14)12-7-4-2-6(11)3-5-7/h2-5,8H,1H3,(H,12,14)/t8-/m0/s1. The van der Waals surface area contributed by atoms with E-state index in [0.29, 0.717) is 10.7 Å². The monoisotopic (exact) mass is 272 g/mol. The Hall–Kier alpha value is -2.15. The smallest absolute Gasteiger partial charge is 0.391 e. The van der Waals surface area contributed by atoms with E-state index in [2.05, 4.69) is 10.1 Å². The molecule has 0 radical (unpaired) electrons. The number of hydrogen-bond acceptors (Lipinski definition) is 5. The summed E-state index contributed by atoms with van der Waals surface area (Å²) in [5, 5.41) is 13.3. The summed E-state index contributed by atoms with van der Waals surface area (Å²) >= 11 is 5.64. The average molecular weight is 273 g/mol. The number of esters is 1. The van der Waals surface area contributed by atoms with Crippen LogP contribution < -0.4 is 5.32 Å². The van der Waals surface area contributed by atoms with Gasteiger partial charge >= 0.3 is 17.9 Å². The fraction of sp³-hybridized carbons (Fsp3) is 0.200. The Morgan fingerprint density at radius 2 is 1.94 bits per heavy atom. The van der Waals surface area contributed by atoms with Crippen LogP contribution in [0.1, 0.15) is 0 Å². The summed E-state index contributed by atoms with van der Waals surface area (Å²) in [6, 6.07) is 3.81. The maximum atomic E-state index is 11.6. The van der Waals surface area contributed by atoms with Gasteiger partial charge in [0.05, 0.1) is 7.11 Å². The second-order valence-electron chi connectivity index (χ2n) is 3.21. The van der Waals surface area contributed by atoms with Gasteiger partial charge in [-0.2, -0.15) is 0 Å². The minimum Gasteiger partial charge on any atom is -0.464 e. The highest BCUT2D eigenvalue weighted by atomic mass is 35.5. The zero-order valence-corrected chi connectivity index (χ0v) is 10.0. The molecule has 8 heteroatoms. The second-order valence-corrected chi connectivity index (χ2v) is 3.64. The van der Waals surface area contributed by atoms with E-state index in [0.717, 1.165) is 7.11 Å². The van der Waals surface area contributed by atoms with Crippen molar-refractivity contribution in [2.75, 3.05) is 12.4 Å². The number of halogens is 1. The van der Waals surface area contributed by atoms with Crippen molar-refractivity contribution in [1.29, 1.82) is 0 Å². The number of ether oxygens (including phenoxy) is 1. The van der Waals surface area contributed by atoms with Gasteiger partial charge in [-0.15, -0.1) is 0 Å². The van der Waals surface area contributed by atoms with Gasteiger partial charge in [0, 0.05) is 15.6 Å². The number of hydrogen-bond donors (Lipinski definition) is 1. The topological polar surface area (TPSA) is 98.5 Å². The molecular weight excluding hydrogens is 264 g/mol. The highest BCUT2D eigenvalue weighted by molar-refractivity contribution is 6.30. The van der Waals surface area contributed by atoms with Gasteiger partial charge in [-0.25, -0.2) is 4.79 Å². The Kier molecular flexibility index (Phi) is 4.61. The van der Waals surface area contributed by atoms with Gasteiger partial charge in [0.2, 0.25) is 0 Å². The van der Waals surface area contributed by atoms with Crippen molar-refractivity contribution in [2.24, 2.45) is 0 Å². The van der Waals surface area contributed by atoms with Crippen molar-refractivity contribution < 1.29 is 19.2 Å². The van der Waals surface area contributed by atoms with Crippen LogP contribution in [-0.4, -0.2) is 30.0 Å². The average Bonchev–Trinajstić information content (AvgIpc) is 2.31. The van der Waals surface area contributed by atoms with Gasteiger partial charge in [0.1, 0.15) is 0 Å². The first-order valence-electron chi connectivity index (χ1n) is 4.73. The van der Waals surface area contributed by atoms with E-state index in [1.54, 1.807) is 0 Å². The van der Waals surface area contributed by atoms with Crippen molar-refractivity contribution in [3.63, 3.8) is 0 Å². The fourth-order valence-corrected chi connectivity index (χ4v) is 1.27. The van der Waals surface area contributed by atoms with Crippen LogP contribution in [0.25, 0.3) is 0 Å². The zero-order chi connectivity index (χ0) is 13.7. The van der Waals surface area contributed by atoms with Crippen LogP contribution in [0.15, 0.2) is 24.3 Å². The molecule has 1 aromatic rings. The molecule has 0 aromatic heterocycles. The van der Waals surface area contributed by atoms with Crippen molar-refractivity contribution in [3.05, 3.63) is 39.4 Å². The molecular formula is C10H9ClN2O5. The van der Waals surface area contributed by atoms with Gasteiger partial charge in [0.25, 0.3) is 0 Å². The molecule has 0 aliphatic heterocycles. The first-order valence-corrected chi connectivity index (χ1v) is 5.11. The lowest BCUT2D eigenvalue weighted by Crippen LogP contribution is -2.42. The number of methoxy groups -OCH3 is 1. The third kappa shape index (κ3) is 3.42. The van der Waals surface area contributed by atoms with Crippen LogP contribution in [0.2, 0.25) is 5.02 Å². The number of carbonyl (C=O) groups excluding carboxylic acids is 2. The fourth-order valence-electron chi connectivity index (χ4n) is 1.14. The highest BCUT2D eigenvalue weighted by Crippen LogP contribution is 2.13. The number of benzene rings is 1. The number of nitrogens with one attached hydrogen (secondary N) is 1. The molecule has 1 rings (SSSR count). The Morgan fingerprint density at radius 3 is 2.39 bits per heavy atom. The summed E-state index contributed by atoms with van der Waals surface area (Å²) in [6.07, 6.45) is 0. The maximum absolute atomic E-state index is 11.6. The summed E-state index contributed by atoms with van der Waals surface area (Å²) in [6.45, 7) is 0. The van der Waals surface area contributed by atoms with Crippen LogP contribution in [-0.2, 0) is 14.3 Å². The number of nitro groups is 1. The van der Waals surface area contributed by atoms with Gasteiger partial charge in [-0.05, 0) is 24.3 Å². The minimum atomic E-state index is -2.09. The van der Waals surface area contributed by atoms with Crippen molar-refractivity contribution >= 4 is 29.2 Å². The lowest BCUT2D eigenvalue weighted by molar-refractivity contribution is -0.495. The van der Waals surface area contributed by atoms with E-state index < -0.39 is 22.8 Å². The van der Waals surface area contributed by atoms with Gasteiger partial charge in [0.15, 0.2) is 0 Å². The molecule has 0 aliphatic rings. The van der Waals surface area contributed by atoms with Crippen LogP contribution in [0, 0.1) is 10.1 Å². The molecule has 7 nitrogen and oxygen atoms in total. The second kappa shape index (κ2) is 5.97. The largest absolute Gasteiger partial charge is 0.464 e. The van der Waals surface area contributed by atoms with Crippen LogP contribution in [0.4, 0.5) is 5.69 Å². The van der Waals surface area contributed by atoms with E-state index in [1.807, 2.05) is 0 Å². The zero-order valence-electron chi connectivity index (χ0n) is 9.25. The quantitative estimate of drug-likeness (QED) is 0.383. The molecule has 0 spiro atoms.